The molecule has 0 saturated carbocycles. The number of halogens is 4. The topological polar surface area (TPSA) is 0 Å². The van der Waals surface area contributed by atoms with Crippen LogP contribution in [0.15, 0.2) is 47.1 Å². The van der Waals surface area contributed by atoms with Crippen LogP contribution >= 0.6 is 75.5 Å². The van der Waals surface area contributed by atoms with Gasteiger partial charge in [0.05, 0.1) is 0 Å². The summed E-state index contributed by atoms with van der Waals surface area (Å²) in [5, 5.41) is 0. The first-order valence-corrected chi connectivity index (χ1v) is 9.34. The van der Waals surface area contributed by atoms with Gasteiger partial charge < -0.3 is 0 Å². The lowest BCUT2D eigenvalue weighted by Crippen LogP contribution is -1.99. The van der Waals surface area contributed by atoms with Gasteiger partial charge in [0.2, 0.25) is 0 Å². The van der Waals surface area contributed by atoms with E-state index in [2.05, 4.69) is 88.0 Å². The van der Waals surface area contributed by atoms with Crippen molar-refractivity contribution >= 4 is 75.5 Å². The molecule has 5 heteroatoms. The van der Waals surface area contributed by atoms with E-state index in [1.807, 2.05) is 11.8 Å². The third-order valence-corrected chi connectivity index (χ3v) is 9.07. The molecule has 3 rings (SSSR count). The lowest BCUT2D eigenvalue weighted by molar-refractivity contribution is 1.26. The Morgan fingerprint density at radius 1 is 0.833 bits per heavy atom. The normalized spacial score (nSPS) is 13.1. The highest BCUT2D eigenvalue weighted by atomic mass is 79.9. The van der Waals surface area contributed by atoms with Crippen molar-refractivity contribution in [1.29, 1.82) is 0 Å². The quantitative estimate of drug-likeness (QED) is 0.270. The van der Waals surface area contributed by atoms with E-state index < -0.39 is 0 Å². The Balaban J connectivity index is 2.41. The van der Waals surface area contributed by atoms with E-state index >= 15 is 0 Å². The van der Waals surface area contributed by atoms with Gasteiger partial charge in [-0.3, -0.25) is 0 Å². The molecule has 0 amide bonds. The van der Waals surface area contributed by atoms with Crippen molar-refractivity contribution in [1.82, 2.24) is 0 Å². The van der Waals surface area contributed by atoms with Crippen molar-refractivity contribution in [3.63, 3.8) is 0 Å². The summed E-state index contributed by atoms with van der Waals surface area (Å²) < 4.78 is 4.32. The van der Waals surface area contributed by atoms with Crippen LogP contribution in [-0.2, 0) is 5.75 Å². The van der Waals surface area contributed by atoms with Crippen LogP contribution in [0.2, 0.25) is 0 Å². The largest absolute Gasteiger partial charge is 0.119 e. The van der Waals surface area contributed by atoms with Gasteiger partial charge in [-0.05, 0) is 74.8 Å². The average Bonchev–Trinajstić information content (AvgIpc) is 2.41. The highest BCUT2D eigenvalue weighted by Gasteiger charge is 2.25. The van der Waals surface area contributed by atoms with Crippen LogP contribution in [0, 0.1) is 0 Å². The maximum absolute atomic E-state index is 3.71. The second kappa shape index (κ2) is 5.24. The number of hydrogen-bond acceptors (Lipinski definition) is 1. The molecule has 92 valence electrons. The van der Waals surface area contributed by atoms with Gasteiger partial charge in [-0.1, -0.05) is 24.3 Å². The fourth-order valence-electron chi connectivity index (χ4n) is 2.03. The van der Waals surface area contributed by atoms with Crippen molar-refractivity contribution < 1.29 is 0 Å². The third kappa shape index (κ3) is 2.06. The molecule has 2 aromatic rings. The first-order chi connectivity index (χ1) is 8.61. The maximum Gasteiger partial charge on any atom is 0.0482 e. The van der Waals surface area contributed by atoms with Crippen LogP contribution in [-0.4, -0.2) is 0 Å². The number of thioether (sulfide) groups is 1. The monoisotopic (exact) mass is 510 g/mol. The standard InChI is InChI=1S/C13H6Br4S/c14-9-8-7-4-2-1-3-6(7)5-18-13(8)12(17)11(16)10(9)15/h1-4H,5H2. The predicted molar refractivity (Wildman–Crippen MR) is 92.2 cm³/mol. The molecule has 0 N–H and O–H groups in total. The van der Waals surface area contributed by atoms with Gasteiger partial charge in [-0.2, -0.15) is 0 Å². The first-order valence-electron chi connectivity index (χ1n) is 5.18. The van der Waals surface area contributed by atoms with E-state index in [1.54, 1.807) is 0 Å². The van der Waals surface area contributed by atoms with Crippen LogP contribution in [0.1, 0.15) is 5.56 Å². The predicted octanol–water partition coefficient (Wildman–Crippen LogP) is 7.01. The molecule has 0 aromatic heterocycles. The summed E-state index contributed by atoms with van der Waals surface area (Å²) in [4.78, 5) is 1.29. The molecule has 0 radical (unpaired) electrons. The highest BCUT2D eigenvalue weighted by molar-refractivity contribution is 9.15. The molecule has 0 atom stereocenters. The van der Waals surface area contributed by atoms with E-state index in [0.717, 1.165) is 23.6 Å². The Morgan fingerprint density at radius 2 is 1.50 bits per heavy atom. The van der Waals surface area contributed by atoms with E-state index in [0.29, 0.717) is 0 Å². The van der Waals surface area contributed by atoms with Gasteiger partial charge in [-0.25, -0.2) is 0 Å². The summed E-state index contributed by atoms with van der Waals surface area (Å²) in [6.07, 6.45) is 0. The lowest BCUT2D eigenvalue weighted by atomic mass is 10.0. The second-order valence-electron chi connectivity index (χ2n) is 3.91. The SMILES string of the molecule is Brc1c(Br)c(Br)c2c(c1Br)SCc1ccccc1-2. The number of hydrogen-bond donors (Lipinski definition) is 0. The highest BCUT2D eigenvalue weighted by Crippen LogP contribution is 2.53. The summed E-state index contributed by atoms with van der Waals surface area (Å²) in [5.41, 5.74) is 3.97. The molecule has 0 spiro atoms. The lowest BCUT2D eigenvalue weighted by Gasteiger charge is -2.23. The van der Waals surface area contributed by atoms with Gasteiger partial charge in [-0.15, -0.1) is 11.8 Å². The molecular formula is C13H6Br4S. The van der Waals surface area contributed by atoms with E-state index in [4.69, 9.17) is 0 Å². The summed E-state index contributed by atoms with van der Waals surface area (Å²) in [7, 11) is 0. The van der Waals surface area contributed by atoms with Crippen molar-refractivity contribution in [3.8, 4) is 11.1 Å². The Labute approximate surface area is 143 Å². The second-order valence-corrected chi connectivity index (χ2v) is 8.06. The molecule has 1 heterocycles. The Kier molecular flexibility index (Phi) is 3.99. The third-order valence-electron chi connectivity index (χ3n) is 2.88. The van der Waals surface area contributed by atoms with Crippen LogP contribution in [0.5, 0.6) is 0 Å². The fraction of sp³-hybridized carbons (Fsp3) is 0.0769. The van der Waals surface area contributed by atoms with Crippen molar-refractivity contribution in [2.24, 2.45) is 0 Å². The van der Waals surface area contributed by atoms with E-state index in [-0.39, 0.29) is 0 Å². The molecule has 0 aliphatic carbocycles. The molecular weight excluding hydrogens is 508 g/mol. The zero-order valence-corrected chi connectivity index (χ0v) is 16.1. The summed E-state index contributed by atoms with van der Waals surface area (Å²) in [6.45, 7) is 0. The van der Waals surface area contributed by atoms with Gasteiger partial charge in [0, 0.05) is 34.1 Å². The minimum atomic E-state index is 1.02. The summed E-state index contributed by atoms with van der Waals surface area (Å²) in [5.74, 6) is 1.02. The van der Waals surface area contributed by atoms with Crippen molar-refractivity contribution in [3.05, 3.63) is 47.7 Å². The zero-order valence-electron chi connectivity index (χ0n) is 8.94. The minimum absolute atomic E-state index is 1.02. The average molecular weight is 514 g/mol. The van der Waals surface area contributed by atoms with Crippen LogP contribution in [0.25, 0.3) is 11.1 Å². The molecule has 0 saturated heterocycles. The number of fused-ring (bicyclic) bond motifs is 3. The summed E-state index contributed by atoms with van der Waals surface area (Å²) in [6, 6.07) is 8.57. The fourth-order valence-corrected chi connectivity index (χ4v) is 6.10. The molecule has 0 unspecified atom stereocenters. The Morgan fingerprint density at radius 3 is 2.28 bits per heavy atom. The van der Waals surface area contributed by atoms with Gasteiger partial charge in [0.15, 0.2) is 0 Å². The Bertz CT molecular complexity index is 652. The molecule has 0 fully saturated rings. The summed E-state index contributed by atoms with van der Waals surface area (Å²) >= 11 is 16.5. The minimum Gasteiger partial charge on any atom is -0.119 e. The molecule has 0 bridgehead atoms. The maximum atomic E-state index is 3.71. The van der Waals surface area contributed by atoms with Gasteiger partial charge >= 0.3 is 0 Å². The molecule has 2 aromatic carbocycles. The molecule has 0 nitrogen and oxygen atoms in total. The molecule has 1 aliphatic rings. The molecule has 1 aliphatic heterocycles. The number of benzene rings is 2. The molecule has 18 heavy (non-hydrogen) atoms. The first kappa shape index (κ1) is 13.7. The van der Waals surface area contributed by atoms with Crippen LogP contribution < -0.4 is 0 Å². The van der Waals surface area contributed by atoms with Gasteiger partial charge in [0.1, 0.15) is 0 Å². The van der Waals surface area contributed by atoms with Crippen molar-refractivity contribution in [2.75, 3.05) is 0 Å². The Hall–Kier alpha value is 0.710. The van der Waals surface area contributed by atoms with E-state index in [9.17, 15) is 0 Å². The smallest absolute Gasteiger partial charge is 0.0482 e. The van der Waals surface area contributed by atoms with Gasteiger partial charge in [0.25, 0.3) is 0 Å². The van der Waals surface area contributed by atoms with E-state index in [1.165, 1.54) is 21.6 Å². The van der Waals surface area contributed by atoms with Crippen LogP contribution in [0.4, 0.5) is 0 Å². The van der Waals surface area contributed by atoms with Crippen molar-refractivity contribution in [2.45, 2.75) is 10.6 Å². The van der Waals surface area contributed by atoms with Crippen LogP contribution in [0.3, 0.4) is 0 Å². The zero-order chi connectivity index (χ0) is 12.9. The number of rotatable bonds is 0.